The normalized spacial score (nSPS) is 15.0. The first-order valence-electron chi connectivity index (χ1n) is 8.27. The number of hydrogen-bond acceptors (Lipinski definition) is 1. The van der Waals surface area contributed by atoms with Crippen LogP contribution in [0.3, 0.4) is 0 Å². The highest BCUT2D eigenvalue weighted by Crippen LogP contribution is 2.44. The summed E-state index contributed by atoms with van der Waals surface area (Å²) in [5.74, 6) is 0. The lowest BCUT2D eigenvalue weighted by Gasteiger charge is -2.19. The van der Waals surface area contributed by atoms with Crippen LogP contribution < -0.4 is 4.90 Å². The Bertz CT molecular complexity index is 907. The highest BCUT2D eigenvalue weighted by Gasteiger charge is 2.24. The zero-order chi connectivity index (χ0) is 14.7. The fraction of sp³-hybridized carbons (Fsp3) is 0.238. The molecule has 0 radical (unpaired) electrons. The molecule has 1 heteroatoms. The van der Waals surface area contributed by atoms with Crippen molar-refractivity contribution >= 4 is 16.5 Å². The molecule has 0 fully saturated rings. The second-order valence-corrected chi connectivity index (χ2v) is 6.42. The van der Waals surface area contributed by atoms with E-state index in [1.165, 1.54) is 57.2 Å². The molecule has 0 saturated heterocycles. The Morgan fingerprint density at radius 1 is 0.864 bits per heavy atom. The Kier molecular flexibility index (Phi) is 2.43. The van der Waals surface area contributed by atoms with Crippen LogP contribution in [-0.4, -0.2) is 13.1 Å². The lowest BCUT2D eigenvalue weighted by molar-refractivity contribution is 0.870. The van der Waals surface area contributed by atoms with Gasteiger partial charge >= 0.3 is 0 Å². The zero-order valence-electron chi connectivity index (χ0n) is 12.9. The van der Waals surface area contributed by atoms with Crippen LogP contribution in [0.5, 0.6) is 0 Å². The van der Waals surface area contributed by atoms with Gasteiger partial charge in [-0.05, 0) is 53.0 Å². The summed E-state index contributed by atoms with van der Waals surface area (Å²) >= 11 is 0. The predicted octanol–water partition coefficient (Wildman–Crippen LogP) is 4.79. The van der Waals surface area contributed by atoms with E-state index in [1.807, 2.05) is 0 Å². The van der Waals surface area contributed by atoms with Crippen molar-refractivity contribution in [2.75, 3.05) is 18.0 Å². The molecule has 0 aromatic heterocycles. The first-order valence-corrected chi connectivity index (χ1v) is 8.27. The molecule has 0 amide bonds. The van der Waals surface area contributed by atoms with E-state index < -0.39 is 0 Å². The van der Waals surface area contributed by atoms with Gasteiger partial charge < -0.3 is 4.90 Å². The molecule has 108 valence electrons. The van der Waals surface area contributed by atoms with Gasteiger partial charge in [-0.25, -0.2) is 0 Å². The Morgan fingerprint density at radius 3 is 2.64 bits per heavy atom. The molecule has 1 heterocycles. The van der Waals surface area contributed by atoms with Crippen LogP contribution in [0, 0.1) is 0 Å². The lowest BCUT2D eigenvalue weighted by atomic mass is 9.96. The number of rotatable bonds is 1. The number of fused-ring (bicyclic) bond motifs is 7. The molecule has 1 aliphatic heterocycles. The summed E-state index contributed by atoms with van der Waals surface area (Å²) in [4.78, 5) is 2.53. The Morgan fingerprint density at radius 2 is 1.73 bits per heavy atom. The first kappa shape index (κ1) is 12.3. The molecule has 2 aliphatic rings. The summed E-state index contributed by atoms with van der Waals surface area (Å²) < 4.78 is 0. The monoisotopic (exact) mass is 285 g/mol. The quantitative estimate of drug-likeness (QED) is 0.486. The molecular formula is C21H19N. The van der Waals surface area contributed by atoms with Crippen molar-refractivity contribution in [1.82, 2.24) is 0 Å². The maximum absolute atomic E-state index is 2.53. The minimum absolute atomic E-state index is 1.08. The molecule has 0 unspecified atom stereocenters. The largest absolute Gasteiger partial charge is 0.371 e. The third kappa shape index (κ3) is 1.49. The lowest BCUT2D eigenvalue weighted by Crippen LogP contribution is -2.19. The minimum Gasteiger partial charge on any atom is -0.371 e. The maximum Gasteiger partial charge on any atom is 0.0479 e. The second kappa shape index (κ2) is 4.36. The molecule has 1 aliphatic carbocycles. The molecule has 22 heavy (non-hydrogen) atoms. The summed E-state index contributed by atoms with van der Waals surface area (Å²) in [7, 11) is 0. The topological polar surface area (TPSA) is 3.24 Å². The van der Waals surface area contributed by atoms with Crippen molar-refractivity contribution < 1.29 is 0 Å². The Hall–Kier alpha value is -2.28. The summed E-state index contributed by atoms with van der Waals surface area (Å²) in [5.41, 5.74) is 8.85. The number of hydrogen-bond donors (Lipinski definition) is 0. The first-order chi connectivity index (χ1) is 10.9. The highest BCUT2D eigenvalue weighted by atomic mass is 15.1. The van der Waals surface area contributed by atoms with Crippen LogP contribution in [-0.2, 0) is 12.8 Å². The van der Waals surface area contributed by atoms with E-state index >= 15 is 0 Å². The van der Waals surface area contributed by atoms with E-state index in [0.29, 0.717) is 0 Å². The van der Waals surface area contributed by atoms with E-state index in [2.05, 4.69) is 60.4 Å². The van der Waals surface area contributed by atoms with Gasteiger partial charge in [0.25, 0.3) is 0 Å². The van der Waals surface area contributed by atoms with Crippen molar-refractivity contribution in [3.05, 3.63) is 65.2 Å². The van der Waals surface area contributed by atoms with Gasteiger partial charge in [0.1, 0.15) is 0 Å². The summed E-state index contributed by atoms with van der Waals surface area (Å²) in [5, 5.41) is 2.90. The highest BCUT2D eigenvalue weighted by molar-refractivity contribution is 6.03. The smallest absolute Gasteiger partial charge is 0.0479 e. The molecule has 5 rings (SSSR count). The van der Waals surface area contributed by atoms with Crippen molar-refractivity contribution in [3.8, 4) is 11.1 Å². The van der Waals surface area contributed by atoms with E-state index in [0.717, 1.165) is 13.0 Å². The summed E-state index contributed by atoms with van der Waals surface area (Å²) in [6.07, 6.45) is 2.27. The Labute approximate surface area is 131 Å². The number of anilines is 1. The van der Waals surface area contributed by atoms with E-state index in [1.54, 1.807) is 0 Å². The number of likely N-dealkylation sites (N-methyl/N-ethyl adjacent to an activating group) is 1. The second-order valence-electron chi connectivity index (χ2n) is 6.42. The van der Waals surface area contributed by atoms with Crippen LogP contribution in [0.15, 0.2) is 48.5 Å². The number of benzene rings is 3. The van der Waals surface area contributed by atoms with Crippen LogP contribution in [0.4, 0.5) is 5.69 Å². The SMILES string of the molecule is CCN1CCc2ccc3c4c(ccc3c21)-c1ccccc1C4. The molecule has 0 saturated carbocycles. The minimum atomic E-state index is 1.08. The van der Waals surface area contributed by atoms with Crippen LogP contribution >= 0.6 is 0 Å². The molecule has 3 aromatic carbocycles. The molecule has 0 bridgehead atoms. The maximum atomic E-state index is 2.53. The van der Waals surface area contributed by atoms with Gasteiger partial charge in [-0.1, -0.05) is 48.5 Å². The van der Waals surface area contributed by atoms with Crippen LogP contribution in [0.1, 0.15) is 23.6 Å². The van der Waals surface area contributed by atoms with Crippen molar-refractivity contribution in [2.45, 2.75) is 19.8 Å². The van der Waals surface area contributed by atoms with Gasteiger partial charge in [-0.3, -0.25) is 0 Å². The Balaban J connectivity index is 1.81. The van der Waals surface area contributed by atoms with Gasteiger partial charge in [0.05, 0.1) is 0 Å². The molecule has 3 aromatic rings. The zero-order valence-corrected chi connectivity index (χ0v) is 12.9. The summed E-state index contributed by atoms with van der Waals surface area (Å²) in [6, 6.07) is 18.3. The van der Waals surface area contributed by atoms with E-state index in [9.17, 15) is 0 Å². The summed E-state index contributed by atoms with van der Waals surface area (Å²) in [6.45, 7) is 4.53. The van der Waals surface area contributed by atoms with Crippen LogP contribution in [0.25, 0.3) is 21.9 Å². The van der Waals surface area contributed by atoms with E-state index in [4.69, 9.17) is 0 Å². The van der Waals surface area contributed by atoms with Gasteiger partial charge in [0, 0.05) is 24.2 Å². The molecular weight excluding hydrogens is 266 g/mol. The van der Waals surface area contributed by atoms with E-state index in [-0.39, 0.29) is 0 Å². The molecule has 0 N–H and O–H groups in total. The third-order valence-electron chi connectivity index (χ3n) is 5.39. The molecule has 0 atom stereocenters. The standard InChI is InChI=1S/C21H19N/c1-2-22-12-11-14-7-8-18-19(21(14)22)10-9-17-16-6-4-3-5-15(16)13-20(17)18/h3-10H,2,11-13H2,1H3. The van der Waals surface area contributed by atoms with Gasteiger partial charge in [-0.15, -0.1) is 0 Å². The molecule has 1 nitrogen and oxygen atoms in total. The van der Waals surface area contributed by atoms with Gasteiger partial charge in [0.2, 0.25) is 0 Å². The van der Waals surface area contributed by atoms with Crippen LogP contribution in [0.2, 0.25) is 0 Å². The average molecular weight is 285 g/mol. The van der Waals surface area contributed by atoms with Crippen molar-refractivity contribution in [1.29, 1.82) is 0 Å². The fourth-order valence-corrected chi connectivity index (χ4v) is 4.33. The van der Waals surface area contributed by atoms with Crippen molar-refractivity contribution in [2.24, 2.45) is 0 Å². The molecule has 0 spiro atoms. The average Bonchev–Trinajstić information content (AvgIpc) is 3.15. The predicted molar refractivity (Wildman–Crippen MR) is 93.8 cm³/mol. The fourth-order valence-electron chi connectivity index (χ4n) is 4.33. The van der Waals surface area contributed by atoms with Gasteiger partial charge in [-0.2, -0.15) is 0 Å². The van der Waals surface area contributed by atoms with Crippen molar-refractivity contribution in [3.63, 3.8) is 0 Å². The van der Waals surface area contributed by atoms with Gasteiger partial charge in [0.15, 0.2) is 0 Å². The number of nitrogens with zero attached hydrogens (tertiary/aromatic N) is 1. The third-order valence-corrected chi connectivity index (χ3v) is 5.39.